The summed E-state index contributed by atoms with van der Waals surface area (Å²) in [6.07, 6.45) is 0. The van der Waals surface area contributed by atoms with E-state index in [0.29, 0.717) is 0 Å². The Kier molecular flexibility index (Phi) is 6.43. The number of hydrogen-bond donors (Lipinski definition) is 0. The summed E-state index contributed by atoms with van der Waals surface area (Å²) < 4.78 is 31.3. The first-order valence-electron chi connectivity index (χ1n) is 13.7. The number of rotatable bonds is 6. The molecule has 0 atom stereocenters. The first-order valence-corrected chi connectivity index (χ1v) is 17.0. The molecule has 0 aliphatic carbocycles. The molecule has 0 aliphatic heterocycles. The van der Waals surface area contributed by atoms with Gasteiger partial charge in [0.15, 0.2) is 0 Å². The molecule has 0 aliphatic rings. The molecule has 0 N–H and O–H groups in total. The molecule has 2 heterocycles. The summed E-state index contributed by atoms with van der Waals surface area (Å²) in [6.45, 7) is 0. The van der Waals surface area contributed by atoms with Crippen molar-refractivity contribution in [2.24, 2.45) is 0 Å². The van der Waals surface area contributed by atoms with Crippen LogP contribution in [0.5, 0.6) is 0 Å². The van der Waals surface area contributed by atoms with Crippen molar-refractivity contribution >= 4 is 57.3 Å². The van der Waals surface area contributed by atoms with Crippen LogP contribution in [-0.2, 0) is 9.13 Å². The second-order valence-electron chi connectivity index (χ2n) is 10.3. The third-order valence-corrected chi connectivity index (χ3v) is 13.7. The van der Waals surface area contributed by atoms with Crippen LogP contribution in [0.2, 0.25) is 0 Å². The lowest BCUT2D eigenvalue weighted by molar-refractivity contribution is 0.579. The average Bonchev–Trinajstić information content (AvgIpc) is 3.48. The van der Waals surface area contributed by atoms with Crippen molar-refractivity contribution < 1.29 is 9.13 Å². The van der Waals surface area contributed by atoms with Crippen molar-refractivity contribution in [1.82, 2.24) is 8.68 Å². The van der Waals surface area contributed by atoms with E-state index in [9.17, 15) is 28.3 Å². The summed E-state index contributed by atoms with van der Waals surface area (Å²) in [5.74, 6) is 0. The van der Waals surface area contributed by atoms with Crippen molar-refractivity contribution in [1.29, 1.82) is 0 Å². The minimum Gasteiger partial charge on any atom is -0.289 e. The monoisotopic (exact) mass is 616 g/mol. The van der Waals surface area contributed by atoms with E-state index >= 15 is 0 Å². The summed E-state index contributed by atoms with van der Waals surface area (Å²) >= 11 is 0. The molecule has 0 spiro atoms. The second kappa shape index (κ2) is 10.2. The largest absolute Gasteiger partial charge is 0.289 e. The Balaban J connectivity index is 1.55. The minimum atomic E-state index is -4.03. The predicted octanol–water partition coefficient (Wildman–Crippen LogP) is 3.47. The maximum absolute atomic E-state index is 14.9. The van der Waals surface area contributed by atoms with Crippen LogP contribution in [0, 0.1) is 0 Å². The van der Waals surface area contributed by atoms with Gasteiger partial charge < -0.3 is 0 Å². The van der Waals surface area contributed by atoms with Gasteiger partial charge in [-0.2, -0.15) is 0 Å². The number of hydrogen-bond acceptors (Lipinski definition) is 6. The molecular weight excluding hydrogens is 594 g/mol. The molecule has 10 heteroatoms. The Bertz CT molecular complexity index is 2180. The lowest BCUT2D eigenvalue weighted by atomic mass is 10.1. The average molecular weight is 617 g/mol. The third kappa shape index (κ3) is 3.85. The highest BCUT2D eigenvalue weighted by Crippen LogP contribution is 2.44. The van der Waals surface area contributed by atoms with Gasteiger partial charge in [0.05, 0.1) is 21.5 Å². The van der Waals surface area contributed by atoms with Gasteiger partial charge in [0.25, 0.3) is 22.2 Å². The number of nitrogens with zero attached hydrogens (tertiary/aromatic N) is 2. The van der Waals surface area contributed by atoms with E-state index in [1.54, 1.807) is 121 Å². The fourth-order valence-electron chi connectivity index (χ4n) is 5.74. The molecular formula is C34H22N2O6P2. The van der Waals surface area contributed by atoms with Crippen LogP contribution < -0.4 is 43.5 Å². The van der Waals surface area contributed by atoms with E-state index < -0.39 is 36.8 Å². The fourth-order valence-corrected chi connectivity index (χ4v) is 11.0. The first kappa shape index (κ1) is 27.7. The predicted molar refractivity (Wildman–Crippen MR) is 175 cm³/mol. The molecule has 214 valence electrons. The van der Waals surface area contributed by atoms with Crippen LogP contribution in [0.1, 0.15) is 0 Å². The fraction of sp³-hybridized carbons (Fsp3) is 0. The Labute approximate surface area is 249 Å². The topological polar surface area (TPSA) is 112 Å². The molecule has 7 aromatic rings. The van der Waals surface area contributed by atoms with E-state index in [-0.39, 0.29) is 42.8 Å². The zero-order chi connectivity index (χ0) is 30.6. The highest BCUT2D eigenvalue weighted by atomic mass is 31.2. The van der Waals surface area contributed by atoms with Crippen molar-refractivity contribution in [3.8, 4) is 0 Å². The highest BCUT2D eigenvalue weighted by Gasteiger charge is 2.37. The van der Waals surface area contributed by atoms with Gasteiger partial charge in [0, 0.05) is 21.2 Å². The summed E-state index contributed by atoms with van der Waals surface area (Å²) in [4.78, 5) is 55.9. The molecule has 0 bridgehead atoms. The Morgan fingerprint density at radius 3 is 0.750 bits per heavy atom. The van der Waals surface area contributed by atoms with Gasteiger partial charge in [-0.1, -0.05) is 72.8 Å². The molecule has 0 amide bonds. The molecule has 0 saturated carbocycles. The van der Waals surface area contributed by atoms with Crippen LogP contribution in [0.15, 0.2) is 153 Å². The van der Waals surface area contributed by atoms with Crippen LogP contribution in [0.25, 0.3) is 21.5 Å². The van der Waals surface area contributed by atoms with Crippen molar-refractivity contribution in [3.05, 3.63) is 175 Å². The Morgan fingerprint density at radius 1 is 0.341 bits per heavy atom. The molecule has 0 fully saturated rings. The maximum atomic E-state index is 14.9. The smallest absolute Gasteiger partial charge is 0.267 e. The van der Waals surface area contributed by atoms with Crippen LogP contribution in [-0.4, -0.2) is 8.68 Å². The van der Waals surface area contributed by atoms with E-state index in [4.69, 9.17) is 0 Å². The quantitative estimate of drug-likeness (QED) is 0.265. The molecule has 0 unspecified atom stereocenters. The van der Waals surface area contributed by atoms with Crippen molar-refractivity contribution in [2.45, 2.75) is 0 Å². The SMILES string of the molecule is O=c1c2cc3c(=O)n(P(=O)(c4ccccc4)c4ccccc4)c(=O)c3cc2c(=O)n1P(=O)(c1ccccc1)c1ccccc1. The normalized spacial score (nSPS) is 12.2. The minimum absolute atomic E-state index is 0.155. The standard InChI is InChI=1S/C34H22N2O6P2/c37-31-27-21-29-30(34(40)36(33(29)39)44(42,25-17-9-3-10-18-25)26-19-11-4-12-20-26)22-28(27)32(38)35(31)43(41,23-13-5-1-6-14-23)24-15-7-2-8-16-24/h1-22H. The lowest BCUT2D eigenvalue weighted by Crippen LogP contribution is -2.33. The second-order valence-corrected chi connectivity index (χ2v) is 15.5. The summed E-state index contributed by atoms with van der Waals surface area (Å²) in [6, 6.07) is 35.4. The molecule has 8 nitrogen and oxygen atoms in total. The summed E-state index contributed by atoms with van der Waals surface area (Å²) in [5.41, 5.74) is -3.40. The lowest BCUT2D eigenvalue weighted by Gasteiger charge is -2.19. The number of fused-ring (bicyclic) bond motifs is 2. The van der Waals surface area contributed by atoms with Gasteiger partial charge >= 0.3 is 0 Å². The van der Waals surface area contributed by atoms with E-state index in [2.05, 4.69) is 0 Å². The van der Waals surface area contributed by atoms with Gasteiger partial charge in [0.1, 0.15) is 0 Å². The van der Waals surface area contributed by atoms with E-state index in [1.807, 2.05) is 0 Å². The van der Waals surface area contributed by atoms with Crippen LogP contribution in [0.3, 0.4) is 0 Å². The molecule has 5 aromatic carbocycles. The maximum Gasteiger partial charge on any atom is 0.267 e. The zero-order valence-electron chi connectivity index (χ0n) is 22.9. The van der Waals surface area contributed by atoms with Crippen molar-refractivity contribution in [3.63, 3.8) is 0 Å². The molecule has 44 heavy (non-hydrogen) atoms. The summed E-state index contributed by atoms with van der Waals surface area (Å²) in [7, 11) is -8.05. The summed E-state index contributed by atoms with van der Waals surface area (Å²) in [5, 5.41) is 0.486. The van der Waals surface area contributed by atoms with E-state index in [0.717, 1.165) is 8.68 Å². The first-order chi connectivity index (χ1) is 21.3. The van der Waals surface area contributed by atoms with Crippen LogP contribution >= 0.6 is 14.6 Å². The Morgan fingerprint density at radius 2 is 0.545 bits per heavy atom. The van der Waals surface area contributed by atoms with E-state index in [1.165, 1.54) is 12.1 Å². The van der Waals surface area contributed by atoms with Gasteiger partial charge in [-0.15, -0.1) is 0 Å². The van der Waals surface area contributed by atoms with Crippen molar-refractivity contribution in [2.75, 3.05) is 0 Å². The molecule has 2 aromatic heterocycles. The van der Waals surface area contributed by atoms with Gasteiger partial charge in [0.2, 0.25) is 14.6 Å². The third-order valence-electron chi connectivity index (χ3n) is 7.84. The molecule has 0 saturated heterocycles. The van der Waals surface area contributed by atoms with Gasteiger partial charge in [-0.25, -0.2) is 8.68 Å². The Hall–Kier alpha value is -5.16. The van der Waals surface area contributed by atoms with Gasteiger partial charge in [-0.3, -0.25) is 28.3 Å². The van der Waals surface area contributed by atoms with Crippen LogP contribution in [0.4, 0.5) is 0 Å². The molecule has 0 radical (unpaired) electrons. The number of benzene rings is 5. The van der Waals surface area contributed by atoms with Gasteiger partial charge in [-0.05, 0) is 60.7 Å². The molecule has 7 rings (SSSR count). The number of aromatic nitrogens is 2. The zero-order valence-corrected chi connectivity index (χ0v) is 24.7. The highest BCUT2D eigenvalue weighted by molar-refractivity contribution is 7.77.